The van der Waals surface area contributed by atoms with Crippen molar-refractivity contribution in [3.05, 3.63) is 28.8 Å². The van der Waals surface area contributed by atoms with Gasteiger partial charge in [0.15, 0.2) is 0 Å². The Balaban J connectivity index is 2.41. The Hall–Kier alpha value is -0.810. The molecule has 0 aliphatic heterocycles. The Morgan fingerprint density at radius 3 is 2.48 bits per heavy atom. The molecule has 1 aromatic rings. The standard InChI is InChI=1S/C16H26ClN3O/c1-20(2)16(9-5-4-6-10-16)15(19-18)12-7-8-13(17)14(11-12)21-3/h7-8,11,15,19H,4-6,9-10,18H2,1-3H3. The first-order chi connectivity index (χ1) is 10.0. The molecule has 0 heterocycles. The quantitative estimate of drug-likeness (QED) is 0.648. The van der Waals surface area contributed by atoms with Crippen molar-refractivity contribution in [3.8, 4) is 5.75 Å². The predicted molar refractivity (Wildman–Crippen MR) is 87.6 cm³/mol. The second-order valence-electron chi connectivity index (χ2n) is 6.05. The fourth-order valence-corrected chi connectivity index (χ4v) is 3.77. The van der Waals surface area contributed by atoms with Crippen LogP contribution in [0.4, 0.5) is 0 Å². The fraction of sp³-hybridized carbons (Fsp3) is 0.625. The lowest BCUT2D eigenvalue weighted by molar-refractivity contribution is 0.0563. The van der Waals surface area contributed by atoms with Gasteiger partial charge in [-0.25, -0.2) is 0 Å². The molecule has 1 fully saturated rings. The monoisotopic (exact) mass is 311 g/mol. The molecule has 0 spiro atoms. The van der Waals surface area contributed by atoms with Crippen LogP contribution in [0.25, 0.3) is 0 Å². The normalized spacial score (nSPS) is 19.5. The maximum absolute atomic E-state index is 6.14. The van der Waals surface area contributed by atoms with Crippen LogP contribution in [0.2, 0.25) is 5.02 Å². The molecule has 1 atom stereocenters. The lowest BCUT2D eigenvalue weighted by atomic mass is 9.73. The molecule has 1 saturated carbocycles. The third-order valence-corrected chi connectivity index (χ3v) is 5.13. The highest BCUT2D eigenvalue weighted by atomic mass is 35.5. The average Bonchev–Trinajstić information content (AvgIpc) is 2.50. The lowest BCUT2D eigenvalue weighted by Gasteiger charge is -2.48. The van der Waals surface area contributed by atoms with E-state index in [1.807, 2.05) is 18.2 Å². The Morgan fingerprint density at radius 1 is 1.29 bits per heavy atom. The molecule has 0 aromatic heterocycles. The van der Waals surface area contributed by atoms with Crippen molar-refractivity contribution < 1.29 is 4.74 Å². The van der Waals surface area contributed by atoms with E-state index in [-0.39, 0.29) is 11.6 Å². The number of halogens is 1. The van der Waals surface area contributed by atoms with E-state index in [1.54, 1.807) is 7.11 Å². The number of likely N-dealkylation sites (N-methyl/N-ethyl adjacent to an activating group) is 1. The zero-order valence-electron chi connectivity index (χ0n) is 13.2. The molecular formula is C16H26ClN3O. The Bertz CT molecular complexity index is 473. The number of methoxy groups -OCH3 is 1. The van der Waals surface area contributed by atoms with Gasteiger partial charge in [0.1, 0.15) is 5.75 Å². The minimum Gasteiger partial charge on any atom is -0.495 e. The van der Waals surface area contributed by atoms with Crippen LogP contribution in [0.1, 0.15) is 43.7 Å². The molecule has 5 heteroatoms. The smallest absolute Gasteiger partial charge is 0.137 e. The van der Waals surface area contributed by atoms with Crippen LogP contribution in [-0.4, -0.2) is 31.6 Å². The van der Waals surface area contributed by atoms with E-state index in [9.17, 15) is 0 Å². The maximum atomic E-state index is 6.14. The number of rotatable bonds is 5. The van der Waals surface area contributed by atoms with Gasteiger partial charge in [0.25, 0.3) is 0 Å². The van der Waals surface area contributed by atoms with Gasteiger partial charge >= 0.3 is 0 Å². The molecule has 0 bridgehead atoms. The van der Waals surface area contributed by atoms with Crippen molar-refractivity contribution in [3.63, 3.8) is 0 Å². The van der Waals surface area contributed by atoms with Crippen molar-refractivity contribution in [2.45, 2.75) is 43.7 Å². The summed E-state index contributed by atoms with van der Waals surface area (Å²) in [7, 11) is 5.92. The number of hydrogen-bond donors (Lipinski definition) is 2. The van der Waals surface area contributed by atoms with Crippen molar-refractivity contribution >= 4 is 11.6 Å². The van der Waals surface area contributed by atoms with Crippen molar-refractivity contribution in [2.24, 2.45) is 5.84 Å². The first kappa shape index (κ1) is 16.6. The highest BCUT2D eigenvalue weighted by molar-refractivity contribution is 6.32. The Morgan fingerprint density at radius 2 is 1.95 bits per heavy atom. The van der Waals surface area contributed by atoms with E-state index in [2.05, 4.69) is 24.4 Å². The van der Waals surface area contributed by atoms with E-state index in [4.69, 9.17) is 22.2 Å². The summed E-state index contributed by atoms with van der Waals surface area (Å²) in [5.41, 5.74) is 4.19. The van der Waals surface area contributed by atoms with E-state index >= 15 is 0 Å². The molecule has 1 aliphatic carbocycles. The first-order valence-corrected chi connectivity index (χ1v) is 7.90. The van der Waals surface area contributed by atoms with Crippen molar-refractivity contribution in [2.75, 3.05) is 21.2 Å². The van der Waals surface area contributed by atoms with E-state index in [0.29, 0.717) is 10.8 Å². The minimum absolute atomic E-state index is 0.0336. The maximum Gasteiger partial charge on any atom is 0.137 e. The molecule has 2 rings (SSSR count). The topological polar surface area (TPSA) is 50.5 Å². The van der Waals surface area contributed by atoms with Gasteiger partial charge in [0.2, 0.25) is 0 Å². The van der Waals surface area contributed by atoms with Gasteiger partial charge in [0, 0.05) is 5.54 Å². The zero-order chi connectivity index (χ0) is 15.5. The lowest BCUT2D eigenvalue weighted by Crippen LogP contribution is -2.56. The number of nitrogens with one attached hydrogen (secondary N) is 1. The van der Waals surface area contributed by atoms with Crippen LogP contribution in [0.15, 0.2) is 18.2 Å². The minimum atomic E-state index is 0.0336. The van der Waals surface area contributed by atoms with Gasteiger partial charge in [-0.2, -0.15) is 0 Å². The van der Waals surface area contributed by atoms with Crippen LogP contribution < -0.4 is 16.0 Å². The third kappa shape index (κ3) is 3.19. The molecule has 0 saturated heterocycles. The Labute approximate surface area is 132 Å². The van der Waals surface area contributed by atoms with E-state index < -0.39 is 0 Å². The first-order valence-electron chi connectivity index (χ1n) is 7.52. The van der Waals surface area contributed by atoms with Crippen molar-refractivity contribution in [1.82, 2.24) is 10.3 Å². The van der Waals surface area contributed by atoms with E-state index in [1.165, 1.54) is 19.3 Å². The highest BCUT2D eigenvalue weighted by Crippen LogP contribution is 2.42. The summed E-state index contributed by atoms with van der Waals surface area (Å²) in [6, 6.07) is 5.97. The van der Waals surface area contributed by atoms with Gasteiger partial charge in [-0.05, 0) is 44.6 Å². The summed E-state index contributed by atoms with van der Waals surface area (Å²) >= 11 is 6.14. The molecule has 118 valence electrons. The number of nitrogens with two attached hydrogens (primary N) is 1. The zero-order valence-corrected chi connectivity index (χ0v) is 13.9. The van der Waals surface area contributed by atoms with Gasteiger partial charge in [-0.1, -0.05) is 36.9 Å². The summed E-state index contributed by atoms with van der Waals surface area (Å²) < 4.78 is 5.35. The van der Waals surface area contributed by atoms with Gasteiger partial charge in [-0.3, -0.25) is 11.3 Å². The highest BCUT2D eigenvalue weighted by Gasteiger charge is 2.42. The molecule has 21 heavy (non-hydrogen) atoms. The molecule has 0 amide bonds. The van der Waals surface area contributed by atoms with Crippen LogP contribution >= 0.6 is 11.6 Å². The Kier molecular flexibility index (Phi) is 5.49. The summed E-state index contributed by atoms with van der Waals surface area (Å²) in [6.45, 7) is 0. The molecule has 1 unspecified atom stereocenters. The summed E-state index contributed by atoms with van der Waals surface area (Å²) in [6.07, 6.45) is 6.05. The number of ether oxygens (including phenoxy) is 1. The largest absolute Gasteiger partial charge is 0.495 e. The van der Waals surface area contributed by atoms with Crippen LogP contribution in [0.3, 0.4) is 0 Å². The predicted octanol–water partition coefficient (Wildman–Crippen LogP) is 3.12. The van der Waals surface area contributed by atoms with Crippen LogP contribution in [-0.2, 0) is 0 Å². The van der Waals surface area contributed by atoms with Gasteiger partial charge in [0.05, 0.1) is 18.2 Å². The molecule has 0 radical (unpaired) electrons. The SMILES string of the molecule is COc1cc(C(NN)C2(N(C)C)CCCCC2)ccc1Cl. The molecule has 4 nitrogen and oxygen atoms in total. The molecule has 1 aliphatic rings. The molecular weight excluding hydrogens is 286 g/mol. The van der Waals surface area contributed by atoms with Crippen molar-refractivity contribution in [1.29, 1.82) is 0 Å². The van der Waals surface area contributed by atoms with Crippen LogP contribution in [0.5, 0.6) is 5.75 Å². The second-order valence-corrected chi connectivity index (χ2v) is 6.46. The molecule has 1 aromatic carbocycles. The fourth-order valence-electron chi connectivity index (χ4n) is 3.58. The second kappa shape index (κ2) is 6.97. The van der Waals surface area contributed by atoms with Gasteiger partial charge < -0.3 is 9.64 Å². The number of nitrogens with zero attached hydrogens (tertiary/aromatic N) is 1. The van der Waals surface area contributed by atoms with E-state index in [0.717, 1.165) is 18.4 Å². The third-order valence-electron chi connectivity index (χ3n) is 4.82. The summed E-state index contributed by atoms with van der Waals surface area (Å²) in [4.78, 5) is 2.32. The number of hydrazine groups is 1. The summed E-state index contributed by atoms with van der Waals surface area (Å²) in [5, 5.41) is 0.625. The van der Waals surface area contributed by atoms with Crippen LogP contribution in [0, 0.1) is 0 Å². The molecule has 3 N–H and O–H groups in total. The number of benzene rings is 1. The van der Waals surface area contributed by atoms with Gasteiger partial charge in [-0.15, -0.1) is 0 Å². The number of hydrogen-bond acceptors (Lipinski definition) is 4. The average molecular weight is 312 g/mol. The summed E-state index contributed by atoms with van der Waals surface area (Å²) in [5.74, 6) is 6.63.